The van der Waals surface area contributed by atoms with Crippen LogP contribution in [-0.2, 0) is 9.59 Å². The van der Waals surface area contributed by atoms with Crippen molar-refractivity contribution in [3.05, 3.63) is 64.3 Å². The average Bonchev–Trinajstić information content (AvgIpc) is 2.97. The molecule has 0 spiro atoms. The first-order valence-corrected chi connectivity index (χ1v) is 9.80. The van der Waals surface area contributed by atoms with Crippen LogP contribution in [0, 0.1) is 5.82 Å². The third-order valence-corrected chi connectivity index (χ3v) is 5.61. The average molecular weight is 446 g/mol. The summed E-state index contributed by atoms with van der Waals surface area (Å²) in [5.74, 6) is -3.43. The number of phenols is 1. The second-order valence-corrected chi connectivity index (χ2v) is 7.95. The lowest BCUT2D eigenvalue weighted by atomic mass is 10.1. The van der Waals surface area contributed by atoms with E-state index >= 15 is 0 Å². The molecule has 1 aliphatic heterocycles. The third-order valence-electron chi connectivity index (χ3n) is 4.28. The van der Waals surface area contributed by atoms with E-state index in [4.69, 9.17) is 17.3 Å². The Bertz CT molecular complexity index is 1100. The predicted molar refractivity (Wildman–Crippen MR) is 115 cm³/mol. The summed E-state index contributed by atoms with van der Waals surface area (Å²) in [5, 5.41) is 21.1. The molecule has 1 atom stereocenters. The number of benzene rings is 2. The van der Waals surface area contributed by atoms with Crippen LogP contribution in [0.4, 0.5) is 10.1 Å². The minimum absolute atomic E-state index is 0.134. The predicted octanol–water partition coefficient (Wildman–Crippen LogP) is 3.46. The van der Waals surface area contributed by atoms with Crippen molar-refractivity contribution >= 4 is 57.8 Å². The van der Waals surface area contributed by atoms with E-state index < -0.39 is 35.4 Å². The number of carboxylic acids is 1. The second kappa shape index (κ2) is 8.64. The summed E-state index contributed by atoms with van der Waals surface area (Å²) >= 11 is 6.18. The van der Waals surface area contributed by atoms with Crippen molar-refractivity contribution in [2.24, 2.45) is 0 Å². The number of carboxylic acid groups (broad SMARTS) is 1. The first-order valence-electron chi connectivity index (χ1n) is 8.58. The fourth-order valence-corrected chi connectivity index (χ4v) is 4.11. The lowest BCUT2D eigenvalue weighted by molar-refractivity contribution is -0.129. The second-order valence-electron chi connectivity index (χ2n) is 6.28. The maximum atomic E-state index is 13.9. The Morgan fingerprint density at radius 1 is 1.27 bits per heavy atom. The Morgan fingerprint density at radius 2 is 1.97 bits per heavy atom. The number of aromatic carboxylic acids is 1. The van der Waals surface area contributed by atoms with E-state index in [0.29, 0.717) is 0 Å². The number of nitrogens with one attached hydrogen (secondary N) is 1. The van der Waals surface area contributed by atoms with Crippen molar-refractivity contribution < 1.29 is 29.0 Å². The van der Waals surface area contributed by atoms with Gasteiger partial charge in [-0.25, -0.2) is 9.18 Å². The van der Waals surface area contributed by atoms with Crippen molar-refractivity contribution in [2.75, 3.05) is 5.32 Å². The van der Waals surface area contributed by atoms with Gasteiger partial charge in [0.15, 0.2) is 0 Å². The van der Waals surface area contributed by atoms with Gasteiger partial charge in [-0.15, -0.1) is 0 Å². The molecule has 2 aromatic carbocycles. The highest BCUT2D eigenvalue weighted by Crippen LogP contribution is 2.34. The lowest BCUT2D eigenvalue weighted by Gasteiger charge is -2.22. The fraction of sp³-hybridized carbons (Fsp3) is 0.100. The quantitative estimate of drug-likeness (QED) is 0.367. The zero-order chi connectivity index (χ0) is 22.0. The number of hydrogen-bond acceptors (Lipinski definition) is 6. The third kappa shape index (κ3) is 4.34. The van der Waals surface area contributed by atoms with Crippen molar-refractivity contribution in [2.45, 2.75) is 13.0 Å². The standard InChI is InChI=1S/C20H15FN2O5S2/c1-10(17(25)22-12-6-7-15(24)13(9-12)19(27)28)23-18(26)16(30-20(23)29)8-11-4-2-3-5-14(11)21/h2-10,24H,1H3,(H,22,25)(H,27,28)/b16-8-. The van der Waals surface area contributed by atoms with Crippen LogP contribution >= 0.6 is 24.0 Å². The molecule has 1 aliphatic rings. The van der Waals surface area contributed by atoms with E-state index in [-0.39, 0.29) is 26.0 Å². The molecule has 0 bridgehead atoms. The molecule has 10 heteroatoms. The van der Waals surface area contributed by atoms with E-state index in [0.717, 1.165) is 28.8 Å². The zero-order valence-electron chi connectivity index (χ0n) is 15.5. The van der Waals surface area contributed by atoms with Crippen LogP contribution in [0.3, 0.4) is 0 Å². The normalized spacial score (nSPS) is 16.1. The largest absolute Gasteiger partial charge is 0.507 e. The van der Waals surface area contributed by atoms with Crippen molar-refractivity contribution in [3.63, 3.8) is 0 Å². The Labute approximate surface area is 180 Å². The zero-order valence-corrected chi connectivity index (χ0v) is 17.1. The van der Waals surface area contributed by atoms with E-state index in [1.165, 1.54) is 37.3 Å². The minimum Gasteiger partial charge on any atom is -0.507 e. The van der Waals surface area contributed by atoms with Crippen LogP contribution in [-0.4, -0.2) is 43.3 Å². The van der Waals surface area contributed by atoms with E-state index in [2.05, 4.69) is 5.32 Å². The number of carbonyl (C=O) groups excluding carboxylic acids is 2. The monoisotopic (exact) mass is 446 g/mol. The van der Waals surface area contributed by atoms with Gasteiger partial charge in [0.2, 0.25) is 5.91 Å². The molecule has 154 valence electrons. The molecule has 1 unspecified atom stereocenters. The van der Waals surface area contributed by atoms with Crippen molar-refractivity contribution in [3.8, 4) is 5.75 Å². The fourth-order valence-electron chi connectivity index (χ4n) is 2.70. The van der Waals surface area contributed by atoms with Gasteiger partial charge in [0.1, 0.15) is 27.5 Å². The highest BCUT2D eigenvalue weighted by atomic mass is 32.2. The number of thiocarbonyl (C=S) groups is 1. The summed E-state index contributed by atoms with van der Waals surface area (Å²) in [5.41, 5.74) is -0.0197. The number of rotatable bonds is 5. The van der Waals surface area contributed by atoms with Gasteiger partial charge in [-0.05, 0) is 37.3 Å². The lowest BCUT2D eigenvalue weighted by Crippen LogP contribution is -2.44. The molecule has 3 rings (SSSR count). The maximum absolute atomic E-state index is 13.9. The number of amides is 2. The molecule has 0 radical (unpaired) electrons. The first-order chi connectivity index (χ1) is 14.2. The molecule has 0 aliphatic carbocycles. The molecule has 0 aromatic heterocycles. The van der Waals surface area contributed by atoms with Crippen LogP contribution in [0.5, 0.6) is 5.75 Å². The summed E-state index contributed by atoms with van der Waals surface area (Å²) in [6.45, 7) is 1.46. The molecular weight excluding hydrogens is 431 g/mol. The molecule has 30 heavy (non-hydrogen) atoms. The Morgan fingerprint density at radius 3 is 2.63 bits per heavy atom. The molecular formula is C20H15FN2O5S2. The van der Waals surface area contributed by atoms with Gasteiger partial charge in [-0.1, -0.05) is 42.2 Å². The summed E-state index contributed by atoms with van der Waals surface area (Å²) in [6, 6.07) is 8.51. The van der Waals surface area contributed by atoms with Crippen LogP contribution in [0.15, 0.2) is 47.4 Å². The topological polar surface area (TPSA) is 107 Å². The molecule has 2 amide bonds. The number of anilines is 1. The number of carbonyl (C=O) groups is 3. The van der Waals surface area contributed by atoms with Gasteiger partial charge in [0.25, 0.3) is 5.91 Å². The molecule has 1 heterocycles. The molecule has 3 N–H and O–H groups in total. The summed E-state index contributed by atoms with van der Waals surface area (Å²) in [7, 11) is 0. The molecule has 2 aromatic rings. The molecule has 7 nitrogen and oxygen atoms in total. The van der Waals surface area contributed by atoms with Gasteiger partial charge in [-0.2, -0.15) is 0 Å². The van der Waals surface area contributed by atoms with Crippen molar-refractivity contribution in [1.82, 2.24) is 4.90 Å². The number of hydrogen-bond donors (Lipinski definition) is 3. The number of thioether (sulfide) groups is 1. The minimum atomic E-state index is -1.35. The number of nitrogens with zero attached hydrogens (tertiary/aromatic N) is 1. The van der Waals surface area contributed by atoms with Gasteiger partial charge in [0, 0.05) is 11.3 Å². The number of aromatic hydroxyl groups is 1. The van der Waals surface area contributed by atoms with Gasteiger partial charge >= 0.3 is 5.97 Å². The van der Waals surface area contributed by atoms with E-state index in [9.17, 15) is 23.9 Å². The first kappa shape index (κ1) is 21.5. The Hall–Kier alpha value is -3.24. The number of halogens is 1. The highest BCUT2D eigenvalue weighted by Gasteiger charge is 2.38. The van der Waals surface area contributed by atoms with Crippen LogP contribution in [0.25, 0.3) is 6.08 Å². The van der Waals surface area contributed by atoms with Crippen molar-refractivity contribution in [1.29, 1.82) is 0 Å². The maximum Gasteiger partial charge on any atom is 0.339 e. The summed E-state index contributed by atoms with van der Waals surface area (Å²) in [4.78, 5) is 37.8. The van der Waals surface area contributed by atoms with Gasteiger partial charge in [-0.3, -0.25) is 14.5 Å². The van der Waals surface area contributed by atoms with Crippen LogP contribution in [0.1, 0.15) is 22.8 Å². The molecule has 1 fully saturated rings. The van der Waals surface area contributed by atoms with Gasteiger partial charge in [0.05, 0.1) is 4.91 Å². The Balaban J connectivity index is 1.79. The highest BCUT2D eigenvalue weighted by molar-refractivity contribution is 8.26. The SMILES string of the molecule is CC(C(=O)Nc1ccc(O)c(C(=O)O)c1)N1C(=O)/C(=C/c2ccccc2F)SC1=S. The van der Waals surface area contributed by atoms with Crippen LogP contribution < -0.4 is 5.32 Å². The van der Waals surface area contributed by atoms with E-state index in [1.54, 1.807) is 6.07 Å². The smallest absolute Gasteiger partial charge is 0.339 e. The molecule has 1 saturated heterocycles. The summed E-state index contributed by atoms with van der Waals surface area (Å²) < 4.78 is 14.0. The van der Waals surface area contributed by atoms with Gasteiger partial charge < -0.3 is 15.5 Å². The summed E-state index contributed by atoms with van der Waals surface area (Å²) in [6.07, 6.45) is 1.37. The van der Waals surface area contributed by atoms with E-state index in [1.807, 2.05) is 0 Å². The van der Waals surface area contributed by atoms with Crippen LogP contribution in [0.2, 0.25) is 0 Å². The Kier molecular flexibility index (Phi) is 6.18. The molecule has 0 saturated carbocycles.